The van der Waals surface area contributed by atoms with Crippen molar-refractivity contribution >= 4 is 22.6 Å². The molecule has 1 saturated heterocycles. The van der Waals surface area contributed by atoms with E-state index < -0.39 is 11.6 Å². The molecule has 0 radical (unpaired) electrons. The number of rotatable bonds is 5. The van der Waals surface area contributed by atoms with Gasteiger partial charge in [-0.25, -0.2) is 4.79 Å². The third kappa shape index (κ3) is 3.99. The maximum atomic E-state index is 12.3. The monoisotopic (exact) mass is 341 g/mol. The van der Waals surface area contributed by atoms with Crippen LogP contribution < -0.4 is 0 Å². The minimum absolute atomic E-state index is 0.0354. The number of carboxylic acid groups (broad SMARTS) is 1. The van der Waals surface area contributed by atoms with Gasteiger partial charge in [0.25, 0.3) is 0 Å². The van der Waals surface area contributed by atoms with Gasteiger partial charge in [-0.15, -0.1) is 0 Å². The smallest absolute Gasteiger partial charge is 0.335 e. The Morgan fingerprint density at radius 3 is 2.40 bits per heavy atom. The second-order valence-electron chi connectivity index (χ2n) is 6.75. The number of aryl methyl sites for hydroxylation is 1. The summed E-state index contributed by atoms with van der Waals surface area (Å²) in [5.74, 6) is -1.16. The molecule has 0 saturated carbocycles. The number of amides is 1. The van der Waals surface area contributed by atoms with Crippen LogP contribution in [0.5, 0.6) is 0 Å². The topological polar surface area (TPSA) is 77.8 Å². The highest BCUT2D eigenvalue weighted by Gasteiger charge is 2.40. The molecule has 5 heteroatoms. The van der Waals surface area contributed by atoms with Crippen molar-refractivity contribution in [2.45, 2.75) is 37.7 Å². The maximum absolute atomic E-state index is 12.3. The highest BCUT2D eigenvalue weighted by Crippen LogP contribution is 2.23. The van der Waals surface area contributed by atoms with Gasteiger partial charge in [0.05, 0.1) is 0 Å². The number of carbonyl (C=O) groups excluding carboxylic acids is 1. The fraction of sp³-hybridized carbons (Fsp3) is 0.400. The van der Waals surface area contributed by atoms with Crippen LogP contribution in [0.15, 0.2) is 42.5 Å². The van der Waals surface area contributed by atoms with E-state index in [-0.39, 0.29) is 18.7 Å². The van der Waals surface area contributed by atoms with Gasteiger partial charge in [-0.1, -0.05) is 42.5 Å². The van der Waals surface area contributed by atoms with Crippen LogP contribution in [-0.4, -0.2) is 45.7 Å². The lowest BCUT2D eigenvalue weighted by molar-refractivity contribution is -0.165. The molecule has 1 fully saturated rings. The molecule has 2 N–H and O–H groups in total. The maximum Gasteiger partial charge on any atom is 0.335 e. The Morgan fingerprint density at radius 1 is 1.04 bits per heavy atom. The molecule has 25 heavy (non-hydrogen) atoms. The van der Waals surface area contributed by atoms with E-state index in [9.17, 15) is 14.7 Å². The van der Waals surface area contributed by atoms with E-state index in [1.54, 1.807) is 4.90 Å². The number of fused-ring (bicyclic) bond motifs is 1. The van der Waals surface area contributed by atoms with Crippen LogP contribution in [0.25, 0.3) is 10.8 Å². The van der Waals surface area contributed by atoms with Crippen LogP contribution >= 0.6 is 0 Å². The number of carboxylic acids is 1. The summed E-state index contributed by atoms with van der Waals surface area (Å²) >= 11 is 0. The van der Waals surface area contributed by atoms with Gasteiger partial charge in [0.1, 0.15) is 0 Å². The lowest BCUT2D eigenvalue weighted by atomic mass is 9.91. The van der Waals surface area contributed by atoms with Crippen LogP contribution in [0.1, 0.15) is 31.2 Å². The van der Waals surface area contributed by atoms with E-state index in [4.69, 9.17) is 5.11 Å². The summed E-state index contributed by atoms with van der Waals surface area (Å²) in [6, 6.07) is 14.6. The molecule has 0 aliphatic carbocycles. The lowest BCUT2D eigenvalue weighted by Gasteiger charge is -2.35. The molecule has 1 aliphatic rings. The van der Waals surface area contributed by atoms with E-state index in [2.05, 4.69) is 30.3 Å². The Kier molecular flexibility index (Phi) is 5.04. The van der Waals surface area contributed by atoms with Crippen LogP contribution in [-0.2, 0) is 16.0 Å². The number of aliphatic hydroxyl groups is 1. The quantitative estimate of drug-likeness (QED) is 0.876. The summed E-state index contributed by atoms with van der Waals surface area (Å²) in [4.78, 5) is 25.0. The zero-order valence-electron chi connectivity index (χ0n) is 14.1. The normalized spacial score (nSPS) is 16.8. The van der Waals surface area contributed by atoms with Gasteiger partial charge in [0, 0.05) is 32.4 Å². The van der Waals surface area contributed by atoms with Crippen LogP contribution in [0.4, 0.5) is 0 Å². The van der Waals surface area contributed by atoms with E-state index in [0.717, 1.165) is 12.8 Å². The highest BCUT2D eigenvalue weighted by molar-refractivity contribution is 5.83. The average Bonchev–Trinajstić information content (AvgIpc) is 2.62. The summed E-state index contributed by atoms with van der Waals surface area (Å²) in [5.41, 5.74) is -0.465. The number of likely N-dealkylation sites (tertiary alicyclic amines) is 1. The number of aliphatic carboxylic acids is 1. The first-order chi connectivity index (χ1) is 12.0. The SMILES string of the molecule is O=C(CCCc1ccc2ccccc2c1)N1CCC(O)(C(=O)O)CC1. The molecule has 2 aromatic carbocycles. The van der Waals surface area contributed by atoms with E-state index in [1.807, 2.05) is 12.1 Å². The predicted octanol–water partition coefficient (Wildman–Crippen LogP) is 2.60. The molecule has 2 aromatic rings. The molecule has 3 rings (SSSR count). The van der Waals surface area contributed by atoms with Crippen molar-refractivity contribution in [2.24, 2.45) is 0 Å². The van der Waals surface area contributed by atoms with Gasteiger partial charge in [0.2, 0.25) is 5.91 Å². The Balaban J connectivity index is 1.48. The Bertz CT molecular complexity index is 778. The Hall–Kier alpha value is -2.40. The van der Waals surface area contributed by atoms with Crippen molar-refractivity contribution < 1.29 is 19.8 Å². The molecule has 0 unspecified atom stereocenters. The van der Waals surface area contributed by atoms with Gasteiger partial charge in [-0.2, -0.15) is 0 Å². The number of hydrogen-bond donors (Lipinski definition) is 2. The second kappa shape index (κ2) is 7.23. The molecule has 0 aromatic heterocycles. The van der Waals surface area contributed by atoms with Crippen molar-refractivity contribution in [3.05, 3.63) is 48.0 Å². The zero-order chi connectivity index (χ0) is 17.9. The third-order valence-corrected chi connectivity index (χ3v) is 5.01. The largest absolute Gasteiger partial charge is 0.479 e. The first kappa shape index (κ1) is 17.4. The van der Waals surface area contributed by atoms with Crippen molar-refractivity contribution in [2.75, 3.05) is 13.1 Å². The van der Waals surface area contributed by atoms with Crippen LogP contribution in [0, 0.1) is 0 Å². The third-order valence-electron chi connectivity index (χ3n) is 5.01. The van der Waals surface area contributed by atoms with Crippen molar-refractivity contribution in [1.29, 1.82) is 0 Å². The minimum Gasteiger partial charge on any atom is -0.479 e. The van der Waals surface area contributed by atoms with Gasteiger partial charge < -0.3 is 15.1 Å². The number of nitrogens with zero attached hydrogens (tertiary/aromatic N) is 1. The van der Waals surface area contributed by atoms with Crippen LogP contribution in [0.2, 0.25) is 0 Å². The Labute approximate surface area is 146 Å². The van der Waals surface area contributed by atoms with Crippen molar-refractivity contribution in [3.8, 4) is 0 Å². The molecule has 0 atom stereocenters. The number of hydrogen-bond acceptors (Lipinski definition) is 3. The fourth-order valence-electron chi connectivity index (χ4n) is 3.34. The lowest BCUT2D eigenvalue weighted by Crippen LogP contribution is -2.50. The van der Waals surface area contributed by atoms with Gasteiger partial charge in [0.15, 0.2) is 5.60 Å². The van der Waals surface area contributed by atoms with Crippen LogP contribution in [0.3, 0.4) is 0 Å². The number of benzene rings is 2. The summed E-state index contributed by atoms with van der Waals surface area (Å²) in [7, 11) is 0. The predicted molar refractivity (Wildman–Crippen MR) is 95.3 cm³/mol. The molecule has 5 nitrogen and oxygen atoms in total. The summed E-state index contributed by atoms with van der Waals surface area (Å²) in [5, 5.41) is 21.3. The summed E-state index contributed by atoms with van der Waals surface area (Å²) < 4.78 is 0. The minimum atomic E-state index is -1.68. The molecular weight excluding hydrogens is 318 g/mol. The molecule has 1 aliphatic heterocycles. The molecule has 132 valence electrons. The second-order valence-corrected chi connectivity index (χ2v) is 6.75. The van der Waals surface area contributed by atoms with E-state index in [0.29, 0.717) is 19.5 Å². The number of piperidine rings is 1. The average molecular weight is 341 g/mol. The van der Waals surface area contributed by atoms with Gasteiger partial charge in [-0.05, 0) is 29.2 Å². The van der Waals surface area contributed by atoms with E-state index >= 15 is 0 Å². The van der Waals surface area contributed by atoms with Crippen molar-refractivity contribution in [1.82, 2.24) is 4.90 Å². The van der Waals surface area contributed by atoms with Gasteiger partial charge >= 0.3 is 5.97 Å². The first-order valence-electron chi connectivity index (χ1n) is 8.69. The van der Waals surface area contributed by atoms with E-state index in [1.165, 1.54) is 16.3 Å². The molecule has 1 heterocycles. The Morgan fingerprint density at radius 2 is 1.72 bits per heavy atom. The highest BCUT2D eigenvalue weighted by atomic mass is 16.4. The fourth-order valence-corrected chi connectivity index (χ4v) is 3.34. The van der Waals surface area contributed by atoms with Gasteiger partial charge in [-0.3, -0.25) is 4.79 Å². The molecule has 0 spiro atoms. The molecular formula is C20H23NO4. The van der Waals surface area contributed by atoms with Crippen molar-refractivity contribution in [3.63, 3.8) is 0 Å². The summed E-state index contributed by atoms with van der Waals surface area (Å²) in [6.45, 7) is 0.606. The molecule has 1 amide bonds. The standard InChI is InChI=1S/C20H23NO4/c22-18(21-12-10-20(25,11-13-21)19(23)24)7-3-4-15-8-9-16-5-1-2-6-17(16)14-15/h1-2,5-6,8-9,14,25H,3-4,7,10-13H2,(H,23,24). The molecule has 0 bridgehead atoms. The summed E-state index contributed by atoms with van der Waals surface area (Å²) in [6.07, 6.45) is 2.23. The zero-order valence-corrected chi connectivity index (χ0v) is 14.1. The first-order valence-corrected chi connectivity index (χ1v) is 8.69. The number of carbonyl (C=O) groups is 2.